The zero-order chi connectivity index (χ0) is 20.7. The lowest BCUT2D eigenvalue weighted by atomic mass is 9.86. The Labute approximate surface area is 172 Å². The summed E-state index contributed by atoms with van der Waals surface area (Å²) in [5.41, 5.74) is 0.739. The maximum Gasteiger partial charge on any atom is 0.407 e. The number of hydrogen-bond donors (Lipinski definition) is 2. The van der Waals surface area contributed by atoms with Crippen molar-refractivity contribution >= 4 is 29.4 Å². The molecule has 0 radical (unpaired) electrons. The van der Waals surface area contributed by atoms with Crippen molar-refractivity contribution in [2.75, 3.05) is 18.5 Å². The normalized spacial score (nSPS) is 19.6. The van der Waals surface area contributed by atoms with Crippen molar-refractivity contribution in [3.8, 4) is 0 Å². The number of carbonyl (C=O) groups excluding carboxylic acids is 2. The van der Waals surface area contributed by atoms with E-state index in [1.165, 1.54) is 0 Å². The Bertz CT molecular complexity index is 679. The van der Waals surface area contributed by atoms with E-state index < -0.39 is 5.60 Å². The van der Waals surface area contributed by atoms with Gasteiger partial charge in [0.1, 0.15) is 5.60 Å². The van der Waals surface area contributed by atoms with Gasteiger partial charge in [-0.1, -0.05) is 11.6 Å². The van der Waals surface area contributed by atoms with Crippen molar-refractivity contribution in [1.29, 1.82) is 0 Å². The fourth-order valence-corrected chi connectivity index (χ4v) is 3.43. The highest BCUT2D eigenvalue weighted by Crippen LogP contribution is 2.28. The minimum absolute atomic E-state index is 0.154. The summed E-state index contributed by atoms with van der Waals surface area (Å²) in [5, 5.41) is 6.89. The predicted molar refractivity (Wildman–Crippen MR) is 111 cm³/mol. The molecule has 2 N–H and O–H groups in total. The lowest BCUT2D eigenvalue weighted by Gasteiger charge is -2.30. The van der Waals surface area contributed by atoms with Crippen LogP contribution in [0.25, 0.3) is 0 Å². The van der Waals surface area contributed by atoms with Gasteiger partial charge in [-0.25, -0.2) is 9.59 Å². The van der Waals surface area contributed by atoms with Gasteiger partial charge >= 0.3 is 12.1 Å². The summed E-state index contributed by atoms with van der Waals surface area (Å²) < 4.78 is 10.4. The summed E-state index contributed by atoms with van der Waals surface area (Å²) in [7, 11) is 0. The molecule has 0 heterocycles. The van der Waals surface area contributed by atoms with Gasteiger partial charge in [-0.3, -0.25) is 0 Å². The van der Waals surface area contributed by atoms with Gasteiger partial charge in [-0.15, -0.1) is 0 Å². The van der Waals surface area contributed by atoms with E-state index in [0.717, 1.165) is 37.9 Å². The average molecular weight is 411 g/mol. The van der Waals surface area contributed by atoms with Crippen LogP contribution in [0.1, 0.15) is 63.7 Å². The van der Waals surface area contributed by atoms with Gasteiger partial charge in [-0.2, -0.15) is 0 Å². The quantitative estimate of drug-likeness (QED) is 0.644. The van der Waals surface area contributed by atoms with Crippen LogP contribution in [-0.4, -0.2) is 36.9 Å². The minimum atomic E-state index is -0.484. The van der Waals surface area contributed by atoms with Crippen LogP contribution in [0.3, 0.4) is 0 Å². The summed E-state index contributed by atoms with van der Waals surface area (Å²) >= 11 is 6.25. The fraction of sp³-hybridized carbons (Fsp3) is 0.619. The first-order chi connectivity index (χ1) is 13.2. The number of amides is 1. The number of alkyl carbamates (subject to hydrolysis) is 1. The van der Waals surface area contributed by atoms with Crippen LogP contribution >= 0.6 is 11.6 Å². The lowest BCUT2D eigenvalue weighted by molar-refractivity contribution is 0.0485. The molecule has 1 aromatic carbocycles. The molecule has 156 valence electrons. The second-order valence-electron chi connectivity index (χ2n) is 8.16. The molecule has 28 heavy (non-hydrogen) atoms. The third kappa shape index (κ3) is 7.23. The van der Waals surface area contributed by atoms with Crippen molar-refractivity contribution in [1.82, 2.24) is 5.32 Å². The van der Waals surface area contributed by atoms with Gasteiger partial charge < -0.3 is 20.1 Å². The third-order valence-electron chi connectivity index (χ3n) is 4.63. The Morgan fingerprint density at radius 1 is 1.18 bits per heavy atom. The summed E-state index contributed by atoms with van der Waals surface area (Å²) in [4.78, 5) is 23.8. The number of anilines is 1. The Balaban J connectivity index is 1.80. The number of esters is 1. The Kier molecular flexibility index (Phi) is 7.98. The molecule has 1 amide bonds. The summed E-state index contributed by atoms with van der Waals surface area (Å²) in [6.45, 7) is 8.46. The van der Waals surface area contributed by atoms with Gasteiger partial charge in [-0.05, 0) is 77.5 Å². The molecule has 0 unspecified atom stereocenters. The fourth-order valence-electron chi connectivity index (χ4n) is 3.24. The summed E-state index contributed by atoms with van der Waals surface area (Å²) in [6, 6.07) is 5.26. The zero-order valence-electron chi connectivity index (χ0n) is 17.1. The molecule has 0 bridgehead atoms. The highest BCUT2D eigenvalue weighted by Gasteiger charge is 2.24. The van der Waals surface area contributed by atoms with Crippen LogP contribution in [-0.2, 0) is 9.47 Å². The van der Waals surface area contributed by atoms with E-state index in [4.69, 9.17) is 21.1 Å². The first kappa shape index (κ1) is 22.3. The monoisotopic (exact) mass is 410 g/mol. The highest BCUT2D eigenvalue weighted by molar-refractivity contribution is 6.33. The number of halogens is 1. The third-order valence-corrected chi connectivity index (χ3v) is 4.96. The molecule has 0 saturated heterocycles. The molecule has 7 heteroatoms. The molecule has 1 aliphatic carbocycles. The van der Waals surface area contributed by atoms with Crippen LogP contribution in [0.2, 0.25) is 5.02 Å². The van der Waals surface area contributed by atoms with Gasteiger partial charge in [0.15, 0.2) is 0 Å². The molecule has 0 aromatic heterocycles. The molecule has 1 aliphatic rings. The number of nitrogens with one attached hydrogen (secondary N) is 2. The second-order valence-corrected chi connectivity index (χ2v) is 8.57. The molecule has 1 aromatic rings. The van der Waals surface area contributed by atoms with Gasteiger partial charge in [0.2, 0.25) is 0 Å². The SMILES string of the molecule is CCOC(=O)c1ccc(Cl)c(NC[C@H]2CC[C@H](NC(=O)OC(C)(C)C)CC2)c1. The van der Waals surface area contributed by atoms with Crippen molar-refractivity contribution in [3.63, 3.8) is 0 Å². The van der Waals surface area contributed by atoms with Crippen LogP contribution in [0.4, 0.5) is 10.5 Å². The van der Waals surface area contributed by atoms with Crippen molar-refractivity contribution in [3.05, 3.63) is 28.8 Å². The Morgan fingerprint density at radius 3 is 2.46 bits per heavy atom. The van der Waals surface area contributed by atoms with E-state index in [1.807, 2.05) is 20.8 Å². The second kappa shape index (κ2) is 10.0. The number of hydrogen-bond acceptors (Lipinski definition) is 5. The molecule has 1 fully saturated rings. The van der Waals surface area contributed by atoms with Crippen molar-refractivity contribution < 1.29 is 19.1 Å². The van der Waals surface area contributed by atoms with Gasteiger partial charge in [0.05, 0.1) is 22.9 Å². The maximum atomic E-state index is 11.9. The molecular weight excluding hydrogens is 380 g/mol. The largest absolute Gasteiger partial charge is 0.462 e. The number of carbonyl (C=O) groups is 2. The molecule has 2 rings (SSSR count). The van der Waals surface area contributed by atoms with E-state index in [9.17, 15) is 9.59 Å². The minimum Gasteiger partial charge on any atom is -0.462 e. The topological polar surface area (TPSA) is 76.7 Å². The van der Waals surface area contributed by atoms with Crippen molar-refractivity contribution in [2.24, 2.45) is 5.92 Å². The molecule has 1 saturated carbocycles. The molecule has 0 atom stereocenters. The van der Waals surface area contributed by atoms with Crippen LogP contribution < -0.4 is 10.6 Å². The highest BCUT2D eigenvalue weighted by atomic mass is 35.5. The van der Waals surface area contributed by atoms with Crippen LogP contribution in [0.15, 0.2) is 18.2 Å². The average Bonchev–Trinajstić information content (AvgIpc) is 2.61. The number of rotatable bonds is 6. The van der Waals surface area contributed by atoms with Crippen molar-refractivity contribution in [2.45, 2.75) is 65.0 Å². The molecule has 0 spiro atoms. The molecular formula is C21H31ClN2O4. The standard InChI is InChI=1S/C21H31ClN2O4/c1-5-27-19(25)15-8-11-17(22)18(12-15)23-13-14-6-9-16(10-7-14)24-20(26)28-21(2,3)4/h8,11-12,14,16,23H,5-7,9-10,13H2,1-4H3,(H,24,26)/t14-,16-. The van der Waals surface area contributed by atoms with Gasteiger partial charge in [0, 0.05) is 12.6 Å². The zero-order valence-corrected chi connectivity index (χ0v) is 17.9. The van der Waals surface area contributed by atoms with Gasteiger partial charge in [0.25, 0.3) is 0 Å². The molecule has 0 aliphatic heterocycles. The van der Waals surface area contributed by atoms with E-state index in [0.29, 0.717) is 23.1 Å². The first-order valence-corrected chi connectivity index (χ1v) is 10.3. The Morgan fingerprint density at radius 2 is 1.86 bits per heavy atom. The van der Waals surface area contributed by atoms with E-state index in [2.05, 4.69) is 10.6 Å². The van der Waals surface area contributed by atoms with E-state index in [1.54, 1.807) is 25.1 Å². The lowest BCUT2D eigenvalue weighted by Crippen LogP contribution is -2.41. The number of benzene rings is 1. The predicted octanol–water partition coefficient (Wildman–Crippen LogP) is 5.01. The maximum absolute atomic E-state index is 11.9. The van der Waals surface area contributed by atoms with Crippen LogP contribution in [0, 0.1) is 5.92 Å². The summed E-state index contributed by atoms with van der Waals surface area (Å²) in [5.74, 6) is 0.134. The Hall–Kier alpha value is -1.95. The van der Waals surface area contributed by atoms with E-state index in [-0.39, 0.29) is 18.1 Å². The summed E-state index contributed by atoms with van der Waals surface area (Å²) in [6.07, 6.45) is 3.49. The molecule has 6 nitrogen and oxygen atoms in total. The smallest absolute Gasteiger partial charge is 0.407 e. The number of ether oxygens (including phenoxy) is 2. The van der Waals surface area contributed by atoms with Crippen LogP contribution in [0.5, 0.6) is 0 Å². The first-order valence-electron chi connectivity index (χ1n) is 9.88. The van der Waals surface area contributed by atoms with E-state index >= 15 is 0 Å².